The number of hydrogen-bond acceptors (Lipinski definition) is 3. The molecule has 154 valence electrons. The van der Waals surface area contributed by atoms with Crippen molar-refractivity contribution in [2.45, 2.75) is 25.2 Å². The highest BCUT2D eigenvalue weighted by atomic mass is 32.2. The Labute approximate surface area is 177 Å². The maximum absolute atomic E-state index is 13.5. The summed E-state index contributed by atoms with van der Waals surface area (Å²) in [5.74, 6) is -0.238. The molecule has 1 aliphatic heterocycles. The van der Waals surface area contributed by atoms with E-state index in [2.05, 4.69) is 0 Å². The Balaban J connectivity index is 1.73. The summed E-state index contributed by atoms with van der Waals surface area (Å²) in [4.78, 5) is 15.1. The zero-order valence-electron chi connectivity index (χ0n) is 17.1. The van der Waals surface area contributed by atoms with Crippen LogP contribution in [0.3, 0.4) is 0 Å². The van der Waals surface area contributed by atoms with Gasteiger partial charge in [-0.3, -0.25) is 9.10 Å². The van der Waals surface area contributed by atoms with Crippen LogP contribution in [0.25, 0.3) is 0 Å². The number of rotatable bonds is 5. The van der Waals surface area contributed by atoms with E-state index in [1.807, 2.05) is 50.2 Å². The zero-order valence-corrected chi connectivity index (χ0v) is 17.9. The first-order chi connectivity index (χ1) is 14.4. The second kappa shape index (κ2) is 7.95. The standard InChI is InChI=1S/C24H24N2O3S/c1-18-12-13-21(16-19(18)2)26(30(28,29)22-9-4-3-5-10-22)17-24(27)25-15-14-20-8-6-7-11-23(20)25/h3-13,16H,14-15,17H2,1-2H3. The van der Waals surface area contributed by atoms with Crippen molar-refractivity contribution >= 4 is 27.3 Å². The molecule has 30 heavy (non-hydrogen) atoms. The van der Waals surface area contributed by atoms with Gasteiger partial charge in [-0.1, -0.05) is 42.5 Å². The molecular weight excluding hydrogens is 396 g/mol. The normalized spacial score (nSPS) is 13.2. The van der Waals surface area contributed by atoms with E-state index in [1.54, 1.807) is 41.3 Å². The minimum Gasteiger partial charge on any atom is -0.310 e. The van der Waals surface area contributed by atoms with Crippen LogP contribution in [0.15, 0.2) is 77.7 Å². The van der Waals surface area contributed by atoms with Crippen LogP contribution >= 0.6 is 0 Å². The largest absolute Gasteiger partial charge is 0.310 e. The lowest BCUT2D eigenvalue weighted by Gasteiger charge is -2.27. The number of nitrogens with zero attached hydrogens (tertiary/aromatic N) is 2. The van der Waals surface area contributed by atoms with Crippen molar-refractivity contribution in [1.29, 1.82) is 0 Å². The average molecular weight is 421 g/mol. The van der Waals surface area contributed by atoms with Gasteiger partial charge < -0.3 is 4.90 Å². The van der Waals surface area contributed by atoms with Crippen molar-refractivity contribution in [3.05, 3.63) is 89.5 Å². The molecule has 0 spiro atoms. The topological polar surface area (TPSA) is 57.7 Å². The third kappa shape index (κ3) is 3.71. The maximum Gasteiger partial charge on any atom is 0.264 e. The van der Waals surface area contributed by atoms with Crippen molar-refractivity contribution in [3.63, 3.8) is 0 Å². The van der Waals surface area contributed by atoms with Crippen LogP contribution in [0.2, 0.25) is 0 Å². The Morgan fingerprint density at radius 3 is 2.37 bits per heavy atom. The van der Waals surface area contributed by atoms with E-state index in [4.69, 9.17) is 0 Å². The molecule has 0 radical (unpaired) electrons. The number of carbonyl (C=O) groups excluding carboxylic acids is 1. The van der Waals surface area contributed by atoms with Crippen molar-refractivity contribution in [2.75, 3.05) is 22.3 Å². The molecule has 6 heteroatoms. The first-order valence-corrected chi connectivity index (χ1v) is 11.4. The van der Waals surface area contributed by atoms with Gasteiger partial charge in [0.15, 0.2) is 0 Å². The third-order valence-corrected chi connectivity index (χ3v) is 7.36. The molecule has 3 aromatic carbocycles. The molecule has 1 aliphatic rings. The smallest absolute Gasteiger partial charge is 0.264 e. The molecule has 0 saturated carbocycles. The summed E-state index contributed by atoms with van der Waals surface area (Å²) in [7, 11) is -3.90. The summed E-state index contributed by atoms with van der Waals surface area (Å²) in [6.07, 6.45) is 0.775. The fraction of sp³-hybridized carbons (Fsp3) is 0.208. The summed E-state index contributed by atoms with van der Waals surface area (Å²) in [6.45, 7) is 4.21. The molecule has 1 amide bonds. The highest BCUT2D eigenvalue weighted by Gasteiger charge is 2.31. The Kier molecular flexibility index (Phi) is 5.35. The minimum atomic E-state index is -3.90. The minimum absolute atomic E-state index is 0.165. The number of para-hydroxylation sites is 1. The molecule has 0 aromatic heterocycles. The maximum atomic E-state index is 13.5. The van der Waals surface area contributed by atoms with Gasteiger partial charge in [-0.2, -0.15) is 0 Å². The highest BCUT2D eigenvalue weighted by Crippen LogP contribution is 2.30. The van der Waals surface area contributed by atoms with Crippen LogP contribution in [0.1, 0.15) is 16.7 Å². The van der Waals surface area contributed by atoms with Gasteiger partial charge in [0, 0.05) is 12.2 Å². The van der Waals surface area contributed by atoms with Crippen molar-refractivity contribution in [3.8, 4) is 0 Å². The van der Waals surface area contributed by atoms with E-state index in [9.17, 15) is 13.2 Å². The predicted octanol–water partition coefficient (Wildman–Crippen LogP) is 4.09. The van der Waals surface area contributed by atoms with E-state index >= 15 is 0 Å². The van der Waals surface area contributed by atoms with Gasteiger partial charge in [-0.25, -0.2) is 8.42 Å². The first-order valence-electron chi connectivity index (χ1n) is 9.91. The van der Waals surface area contributed by atoms with E-state index in [0.717, 1.165) is 28.8 Å². The van der Waals surface area contributed by atoms with Gasteiger partial charge in [-0.05, 0) is 67.3 Å². The van der Waals surface area contributed by atoms with Gasteiger partial charge in [0.1, 0.15) is 6.54 Å². The SMILES string of the molecule is Cc1ccc(N(CC(=O)N2CCc3ccccc32)S(=O)(=O)c2ccccc2)cc1C. The Morgan fingerprint density at radius 2 is 1.63 bits per heavy atom. The van der Waals surface area contributed by atoms with Crippen LogP contribution in [-0.4, -0.2) is 27.4 Å². The predicted molar refractivity (Wildman–Crippen MR) is 119 cm³/mol. The van der Waals surface area contributed by atoms with Crippen LogP contribution in [0, 0.1) is 13.8 Å². The van der Waals surface area contributed by atoms with E-state index in [0.29, 0.717) is 12.2 Å². The summed E-state index contributed by atoms with van der Waals surface area (Å²) in [5.41, 5.74) is 4.49. The molecule has 1 heterocycles. The third-order valence-electron chi connectivity index (χ3n) is 5.58. The lowest BCUT2D eigenvalue weighted by molar-refractivity contribution is -0.117. The fourth-order valence-electron chi connectivity index (χ4n) is 3.72. The number of sulfonamides is 1. The van der Waals surface area contributed by atoms with Gasteiger partial charge >= 0.3 is 0 Å². The number of carbonyl (C=O) groups is 1. The molecule has 0 N–H and O–H groups in total. The van der Waals surface area contributed by atoms with Gasteiger partial charge in [0.25, 0.3) is 10.0 Å². The monoisotopic (exact) mass is 420 g/mol. The Morgan fingerprint density at radius 1 is 0.933 bits per heavy atom. The second-order valence-corrected chi connectivity index (χ2v) is 9.38. The fourth-order valence-corrected chi connectivity index (χ4v) is 5.15. The second-order valence-electron chi connectivity index (χ2n) is 7.52. The molecule has 0 saturated heterocycles. The van der Waals surface area contributed by atoms with Crippen molar-refractivity contribution in [2.24, 2.45) is 0 Å². The van der Waals surface area contributed by atoms with Crippen LogP contribution in [0.4, 0.5) is 11.4 Å². The van der Waals surface area contributed by atoms with Gasteiger partial charge in [0.2, 0.25) is 5.91 Å². The number of hydrogen-bond donors (Lipinski definition) is 0. The van der Waals surface area contributed by atoms with E-state index in [1.165, 1.54) is 4.31 Å². The number of fused-ring (bicyclic) bond motifs is 1. The van der Waals surface area contributed by atoms with Crippen LogP contribution in [0.5, 0.6) is 0 Å². The number of amides is 1. The molecule has 0 unspecified atom stereocenters. The van der Waals surface area contributed by atoms with Crippen LogP contribution in [-0.2, 0) is 21.2 Å². The van der Waals surface area contributed by atoms with Crippen LogP contribution < -0.4 is 9.21 Å². The van der Waals surface area contributed by atoms with E-state index < -0.39 is 10.0 Å². The van der Waals surface area contributed by atoms with E-state index in [-0.39, 0.29) is 17.3 Å². The van der Waals surface area contributed by atoms with Gasteiger partial charge in [0.05, 0.1) is 10.6 Å². The Bertz CT molecular complexity index is 1190. The summed E-state index contributed by atoms with van der Waals surface area (Å²) >= 11 is 0. The zero-order chi connectivity index (χ0) is 21.3. The number of benzene rings is 3. The quantitative estimate of drug-likeness (QED) is 0.625. The van der Waals surface area contributed by atoms with Gasteiger partial charge in [-0.15, -0.1) is 0 Å². The van der Waals surface area contributed by atoms with Crippen molar-refractivity contribution < 1.29 is 13.2 Å². The summed E-state index contributed by atoms with van der Waals surface area (Å²) in [5, 5.41) is 0. The first kappa shape index (κ1) is 20.2. The average Bonchev–Trinajstić information content (AvgIpc) is 3.19. The molecule has 0 aliphatic carbocycles. The molecule has 0 atom stereocenters. The molecular formula is C24H24N2O3S. The number of aryl methyl sites for hydroxylation is 2. The highest BCUT2D eigenvalue weighted by molar-refractivity contribution is 7.92. The Hall–Kier alpha value is -3.12. The summed E-state index contributed by atoms with van der Waals surface area (Å²) in [6, 6.07) is 21.5. The molecule has 5 nitrogen and oxygen atoms in total. The lowest BCUT2D eigenvalue weighted by atomic mass is 10.1. The number of anilines is 2. The molecule has 0 fully saturated rings. The molecule has 3 aromatic rings. The molecule has 0 bridgehead atoms. The summed E-state index contributed by atoms with van der Waals surface area (Å²) < 4.78 is 28.2. The molecule has 4 rings (SSSR count). The lowest BCUT2D eigenvalue weighted by Crippen LogP contribution is -2.42. The van der Waals surface area contributed by atoms with Crippen molar-refractivity contribution in [1.82, 2.24) is 0 Å².